The van der Waals surface area contributed by atoms with Crippen LogP contribution in [-0.4, -0.2) is 73.6 Å². The summed E-state index contributed by atoms with van der Waals surface area (Å²) in [6, 6.07) is 5.83. The number of benzene rings is 2. The van der Waals surface area contributed by atoms with Gasteiger partial charge in [0.25, 0.3) is 5.91 Å². The number of methoxy groups -OCH3 is 2. The molecule has 39 heavy (non-hydrogen) atoms. The van der Waals surface area contributed by atoms with Crippen LogP contribution in [0.2, 0.25) is 0 Å². The molecule has 0 unspecified atom stereocenters. The molecule has 3 rings (SSSR count). The van der Waals surface area contributed by atoms with Gasteiger partial charge in [-0.15, -0.1) is 0 Å². The van der Waals surface area contributed by atoms with E-state index in [1.54, 1.807) is 0 Å². The summed E-state index contributed by atoms with van der Waals surface area (Å²) in [5.74, 6) is -0.835. The maximum atomic E-state index is 12.3. The number of amides is 1. The molecule has 3 N–H and O–H groups in total. The van der Waals surface area contributed by atoms with Crippen molar-refractivity contribution in [1.29, 1.82) is 0 Å². The predicted octanol–water partition coefficient (Wildman–Crippen LogP) is 1.64. The summed E-state index contributed by atoms with van der Waals surface area (Å²) in [6.07, 6.45) is 1.04. The summed E-state index contributed by atoms with van der Waals surface area (Å²) in [6.45, 7) is 0.122. The van der Waals surface area contributed by atoms with Gasteiger partial charge in [0.2, 0.25) is 5.76 Å². The highest BCUT2D eigenvalue weighted by Crippen LogP contribution is 2.49. The van der Waals surface area contributed by atoms with Gasteiger partial charge in [0.05, 0.1) is 55.4 Å². The standard InChI is InChI=1S/C24H24Br2N4O8.BrH/c1-30(2,3)11-19(31)28-27-10-18-21(29(34)35)20(12-6-14(25)22(32)16(8-12)36-4)24(38-18)13-7-15(26)23(33)17(9-13)37-5;/h6-10H,11H2,1-5H3,(H2-,27,28,31,32,33);1H. The Morgan fingerprint density at radius 3 is 2.08 bits per heavy atom. The van der Waals surface area contributed by atoms with E-state index in [9.17, 15) is 25.1 Å². The van der Waals surface area contributed by atoms with Gasteiger partial charge >= 0.3 is 5.69 Å². The number of likely N-dealkylation sites (N-methyl/N-ethyl adjacent to an activating group) is 1. The Bertz CT molecular complexity index is 1430. The van der Waals surface area contributed by atoms with Gasteiger partial charge in [-0.2, -0.15) is 5.10 Å². The fourth-order valence-electron chi connectivity index (χ4n) is 3.54. The molecule has 0 atom stereocenters. The molecule has 1 aromatic heterocycles. The molecule has 0 aliphatic carbocycles. The second-order valence-corrected chi connectivity index (χ2v) is 10.7. The van der Waals surface area contributed by atoms with Crippen molar-refractivity contribution in [3.63, 3.8) is 0 Å². The van der Waals surface area contributed by atoms with E-state index in [1.807, 2.05) is 21.1 Å². The van der Waals surface area contributed by atoms with Crippen LogP contribution in [0.3, 0.4) is 0 Å². The minimum Gasteiger partial charge on any atom is -1.00 e. The van der Waals surface area contributed by atoms with E-state index in [0.717, 1.165) is 6.21 Å². The highest BCUT2D eigenvalue weighted by molar-refractivity contribution is 9.11. The Hall–Kier alpha value is -3.14. The van der Waals surface area contributed by atoms with E-state index in [-0.39, 0.29) is 78.1 Å². The van der Waals surface area contributed by atoms with Crippen molar-refractivity contribution >= 4 is 49.7 Å². The van der Waals surface area contributed by atoms with E-state index < -0.39 is 16.5 Å². The maximum Gasteiger partial charge on any atom is 0.324 e. The van der Waals surface area contributed by atoms with Crippen LogP contribution in [-0.2, 0) is 4.79 Å². The Morgan fingerprint density at radius 2 is 1.59 bits per heavy atom. The van der Waals surface area contributed by atoms with Gasteiger partial charge in [0, 0.05) is 5.56 Å². The number of aromatic hydroxyl groups is 2. The number of hydrogen-bond acceptors (Lipinski definition) is 9. The summed E-state index contributed by atoms with van der Waals surface area (Å²) in [5, 5.41) is 36.7. The molecule has 0 bridgehead atoms. The Labute approximate surface area is 251 Å². The number of hydrogen-bond donors (Lipinski definition) is 3. The number of halogens is 3. The molecule has 0 aliphatic heterocycles. The van der Waals surface area contributed by atoms with Gasteiger partial charge in [-0.25, -0.2) is 5.43 Å². The highest BCUT2D eigenvalue weighted by Gasteiger charge is 2.32. The van der Waals surface area contributed by atoms with E-state index in [4.69, 9.17) is 13.9 Å². The van der Waals surface area contributed by atoms with Crippen molar-refractivity contribution in [2.24, 2.45) is 5.10 Å². The number of nitro groups is 1. The quantitative estimate of drug-likeness (QED) is 0.130. The first-order chi connectivity index (χ1) is 17.8. The molecule has 0 aliphatic rings. The van der Waals surface area contributed by atoms with Crippen LogP contribution in [0.1, 0.15) is 5.76 Å². The third-order valence-electron chi connectivity index (χ3n) is 5.13. The molecule has 0 spiro atoms. The van der Waals surface area contributed by atoms with Crippen LogP contribution in [0.25, 0.3) is 22.5 Å². The third-order valence-corrected chi connectivity index (χ3v) is 6.34. The summed E-state index contributed by atoms with van der Waals surface area (Å²) in [4.78, 5) is 23.9. The minimum absolute atomic E-state index is 0. The molecule has 1 heterocycles. The smallest absolute Gasteiger partial charge is 0.324 e. The van der Waals surface area contributed by atoms with Crippen LogP contribution in [0.4, 0.5) is 5.69 Å². The Kier molecular flexibility index (Phi) is 10.5. The second-order valence-electron chi connectivity index (χ2n) is 9.04. The lowest BCUT2D eigenvalue weighted by Gasteiger charge is -2.21. The largest absolute Gasteiger partial charge is 1.00 e. The zero-order valence-corrected chi connectivity index (χ0v) is 26.2. The first-order valence-electron chi connectivity index (χ1n) is 10.8. The number of ether oxygens (including phenoxy) is 2. The summed E-state index contributed by atoms with van der Waals surface area (Å²) in [5.41, 5.74) is 2.52. The normalized spacial score (nSPS) is 11.3. The third kappa shape index (κ3) is 7.29. The fourth-order valence-corrected chi connectivity index (χ4v) is 4.43. The maximum absolute atomic E-state index is 12.3. The summed E-state index contributed by atoms with van der Waals surface area (Å²) in [7, 11) is 8.18. The molecule has 0 saturated heterocycles. The van der Waals surface area contributed by atoms with Crippen molar-refractivity contribution in [2.75, 3.05) is 41.9 Å². The van der Waals surface area contributed by atoms with E-state index in [1.165, 1.54) is 38.5 Å². The number of carbonyl (C=O) groups is 1. The Morgan fingerprint density at radius 1 is 1.08 bits per heavy atom. The lowest BCUT2D eigenvalue weighted by atomic mass is 9.99. The lowest BCUT2D eigenvalue weighted by Crippen LogP contribution is -3.00. The van der Waals surface area contributed by atoms with Gasteiger partial charge in [-0.05, 0) is 61.7 Å². The van der Waals surface area contributed by atoms with Gasteiger partial charge in [-0.3, -0.25) is 14.9 Å². The van der Waals surface area contributed by atoms with Crippen molar-refractivity contribution in [3.05, 3.63) is 49.1 Å². The zero-order valence-electron chi connectivity index (χ0n) is 21.4. The molecule has 2 aromatic carbocycles. The van der Waals surface area contributed by atoms with Crippen LogP contribution in [0, 0.1) is 10.1 Å². The number of rotatable bonds is 9. The first kappa shape index (κ1) is 32.1. The fraction of sp³-hybridized carbons (Fsp3) is 0.250. The summed E-state index contributed by atoms with van der Waals surface area (Å²) < 4.78 is 17.2. The van der Waals surface area contributed by atoms with Crippen LogP contribution >= 0.6 is 31.9 Å². The zero-order chi connectivity index (χ0) is 28.4. The predicted molar refractivity (Wildman–Crippen MR) is 147 cm³/mol. The number of quaternary nitrogens is 1. The molecule has 12 nitrogen and oxygen atoms in total. The molecule has 1 amide bonds. The average Bonchev–Trinajstić information content (AvgIpc) is 3.21. The molecule has 15 heteroatoms. The molecular formula is C24H25Br3N4O8. The number of furan rings is 1. The van der Waals surface area contributed by atoms with Crippen molar-refractivity contribution in [2.45, 2.75) is 0 Å². The van der Waals surface area contributed by atoms with Gasteiger partial charge < -0.3 is 45.6 Å². The van der Waals surface area contributed by atoms with Gasteiger partial charge in [-0.1, -0.05) is 0 Å². The van der Waals surface area contributed by atoms with Gasteiger partial charge in [0.15, 0.2) is 29.5 Å². The van der Waals surface area contributed by atoms with E-state index in [2.05, 4.69) is 42.4 Å². The highest BCUT2D eigenvalue weighted by atomic mass is 79.9. The average molecular weight is 737 g/mol. The number of hydrazone groups is 1. The number of nitrogens with one attached hydrogen (secondary N) is 1. The summed E-state index contributed by atoms with van der Waals surface area (Å²) >= 11 is 6.50. The Balaban J connectivity index is 0.00000533. The van der Waals surface area contributed by atoms with Crippen LogP contribution < -0.4 is 31.9 Å². The molecule has 0 saturated carbocycles. The van der Waals surface area contributed by atoms with E-state index in [0.29, 0.717) is 10.0 Å². The second kappa shape index (κ2) is 12.8. The first-order valence-corrected chi connectivity index (χ1v) is 12.4. The number of carbonyl (C=O) groups excluding carboxylic acids is 1. The number of phenols is 2. The molecule has 210 valence electrons. The van der Waals surface area contributed by atoms with Crippen LogP contribution in [0.15, 0.2) is 42.7 Å². The molecule has 0 fully saturated rings. The van der Waals surface area contributed by atoms with Crippen molar-refractivity contribution < 1.29 is 55.3 Å². The lowest BCUT2D eigenvalue weighted by molar-refractivity contribution is -0.862. The topological polar surface area (TPSA) is 157 Å². The number of phenolic OH excluding ortho intramolecular Hbond substituents is 2. The number of nitrogens with zero attached hydrogens (tertiary/aromatic N) is 3. The SMILES string of the molecule is COc1cc(-c2oc(/C=N/NC(=O)C[N+](C)(C)C)c([N+](=O)[O-])c2-c2cc(Br)c(O)c(OC)c2)cc(Br)c1O.[Br-]. The molecule has 0 radical (unpaired) electrons. The van der Waals surface area contributed by atoms with Gasteiger partial charge in [0.1, 0.15) is 11.3 Å². The van der Waals surface area contributed by atoms with Crippen molar-refractivity contribution in [1.82, 2.24) is 5.43 Å². The van der Waals surface area contributed by atoms with Crippen molar-refractivity contribution in [3.8, 4) is 45.4 Å². The molecular weight excluding hydrogens is 712 g/mol. The van der Waals surface area contributed by atoms with E-state index >= 15 is 0 Å². The van der Waals surface area contributed by atoms with Crippen LogP contribution in [0.5, 0.6) is 23.0 Å². The molecule has 3 aromatic rings. The minimum atomic E-state index is -0.641. The monoisotopic (exact) mass is 734 g/mol.